The van der Waals surface area contributed by atoms with Crippen molar-refractivity contribution in [3.8, 4) is 0 Å². The summed E-state index contributed by atoms with van der Waals surface area (Å²) in [6, 6.07) is -2.70. The Bertz CT molecular complexity index is 391. The number of nitrogens with one attached hydrogen (secondary N) is 1. The number of carbonyl (C=O) groups is 1. The van der Waals surface area contributed by atoms with Gasteiger partial charge >= 0.3 is 12.2 Å². The lowest BCUT2D eigenvalue weighted by Crippen LogP contribution is -2.60. The van der Waals surface area contributed by atoms with E-state index in [1.165, 1.54) is 11.8 Å². The molecule has 2 amide bonds. The Morgan fingerprint density at radius 1 is 1.35 bits per heavy atom. The van der Waals surface area contributed by atoms with Crippen LogP contribution in [0.3, 0.4) is 0 Å². The van der Waals surface area contributed by atoms with Gasteiger partial charge in [-0.3, -0.25) is 4.90 Å². The van der Waals surface area contributed by atoms with E-state index < -0.39 is 30.3 Å². The lowest BCUT2D eigenvalue weighted by atomic mass is 9.99. The first-order chi connectivity index (χ1) is 10.6. The fraction of sp³-hybridized carbons (Fsp3) is 0.933. The maximum absolute atomic E-state index is 13.1. The molecule has 2 N–H and O–H groups in total. The predicted octanol–water partition coefficient (Wildman–Crippen LogP) is 2.06. The summed E-state index contributed by atoms with van der Waals surface area (Å²) in [6.07, 6.45) is -4.59. The summed E-state index contributed by atoms with van der Waals surface area (Å²) in [5, 5.41) is 11.6. The van der Waals surface area contributed by atoms with Crippen LogP contribution >= 0.6 is 0 Å². The number of urea groups is 1. The Hall–Kier alpha value is -1.02. The van der Waals surface area contributed by atoms with Crippen LogP contribution in [0.25, 0.3) is 0 Å². The van der Waals surface area contributed by atoms with Gasteiger partial charge in [-0.15, -0.1) is 0 Å². The number of aliphatic hydroxyl groups is 1. The van der Waals surface area contributed by atoms with E-state index in [2.05, 4.69) is 5.32 Å². The summed E-state index contributed by atoms with van der Waals surface area (Å²) in [7, 11) is 0. The molecule has 1 rings (SSSR count). The van der Waals surface area contributed by atoms with Crippen molar-refractivity contribution >= 4 is 6.03 Å². The average molecular weight is 339 g/mol. The number of hydrogen-bond donors (Lipinski definition) is 2. The van der Waals surface area contributed by atoms with Crippen LogP contribution in [0.4, 0.5) is 18.0 Å². The molecule has 1 aliphatic rings. The van der Waals surface area contributed by atoms with Gasteiger partial charge in [0.05, 0.1) is 6.10 Å². The van der Waals surface area contributed by atoms with Crippen molar-refractivity contribution in [2.75, 3.05) is 26.2 Å². The zero-order valence-electron chi connectivity index (χ0n) is 14.2. The number of carbonyl (C=O) groups excluding carboxylic acids is 1. The highest BCUT2D eigenvalue weighted by Crippen LogP contribution is 2.27. The van der Waals surface area contributed by atoms with Crippen molar-refractivity contribution < 1.29 is 23.1 Å². The molecule has 1 saturated heterocycles. The maximum Gasteiger partial charge on any atom is 0.408 e. The average Bonchev–Trinajstić information content (AvgIpc) is 2.41. The largest absolute Gasteiger partial charge is 0.408 e. The summed E-state index contributed by atoms with van der Waals surface area (Å²) in [6.45, 7) is 8.59. The minimum Gasteiger partial charge on any atom is -0.392 e. The number of β-amino-alcohol motifs (C(OH)–C–C–N with tert-alkyl or cyclic N) is 1. The smallest absolute Gasteiger partial charge is 0.392 e. The van der Waals surface area contributed by atoms with Crippen molar-refractivity contribution in [3.05, 3.63) is 0 Å². The number of nitrogens with zero attached hydrogens (tertiary/aromatic N) is 2. The minimum atomic E-state index is -4.46. The second-order valence-electron chi connectivity index (χ2n) is 6.51. The Kier molecular flexibility index (Phi) is 7.13. The van der Waals surface area contributed by atoms with Crippen molar-refractivity contribution in [2.24, 2.45) is 5.92 Å². The molecule has 0 unspecified atom stereocenters. The number of hydrogen-bond acceptors (Lipinski definition) is 3. The summed E-state index contributed by atoms with van der Waals surface area (Å²) in [4.78, 5) is 15.7. The van der Waals surface area contributed by atoms with E-state index >= 15 is 0 Å². The molecule has 0 aromatic carbocycles. The van der Waals surface area contributed by atoms with Gasteiger partial charge in [-0.2, -0.15) is 13.2 Å². The quantitative estimate of drug-likeness (QED) is 0.806. The van der Waals surface area contributed by atoms with E-state index in [1.54, 1.807) is 20.8 Å². The fourth-order valence-corrected chi connectivity index (χ4v) is 2.87. The van der Waals surface area contributed by atoms with Gasteiger partial charge in [0.2, 0.25) is 0 Å². The fourth-order valence-electron chi connectivity index (χ4n) is 2.87. The Labute approximate surface area is 135 Å². The second-order valence-corrected chi connectivity index (χ2v) is 6.51. The second kappa shape index (κ2) is 8.19. The number of amides is 2. The molecule has 0 aliphatic carbocycles. The highest BCUT2D eigenvalue weighted by Gasteiger charge is 2.44. The van der Waals surface area contributed by atoms with E-state index in [0.29, 0.717) is 32.6 Å². The number of rotatable bonds is 5. The Morgan fingerprint density at radius 3 is 2.39 bits per heavy atom. The van der Waals surface area contributed by atoms with Crippen LogP contribution in [0.1, 0.15) is 34.1 Å². The normalized spacial score (nSPS) is 24.2. The molecule has 8 heteroatoms. The molecule has 23 heavy (non-hydrogen) atoms. The molecule has 0 radical (unpaired) electrons. The molecule has 4 atom stereocenters. The van der Waals surface area contributed by atoms with Crippen LogP contribution in [0.2, 0.25) is 0 Å². The van der Waals surface area contributed by atoms with Crippen LogP contribution in [-0.4, -0.2) is 71.5 Å². The standard InChI is InChI=1S/C15H28F3N3O2/c1-5-10(2)13(15(16,17)18)19-14(23)21-7-6-20(8-11(21)3)9-12(4)22/h10-13,22H,5-9H2,1-4H3,(H,19,23)/t10-,11-,12+,13-/m0/s1. The minimum absolute atomic E-state index is 0.201. The van der Waals surface area contributed by atoms with Crippen LogP contribution in [-0.2, 0) is 0 Å². The Morgan fingerprint density at radius 2 is 1.96 bits per heavy atom. The highest BCUT2D eigenvalue weighted by molar-refractivity contribution is 5.75. The van der Waals surface area contributed by atoms with Gasteiger partial charge in [0, 0.05) is 32.2 Å². The lowest BCUT2D eigenvalue weighted by Gasteiger charge is -2.41. The van der Waals surface area contributed by atoms with Gasteiger partial charge in [-0.1, -0.05) is 20.3 Å². The number of halogens is 3. The predicted molar refractivity (Wildman–Crippen MR) is 82.1 cm³/mol. The maximum atomic E-state index is 13.1. The molecule has 5 nitrogen and oxygen atoms in total. The molecule has 136 valence electrons. The topological polar surface area (TPSA) is 55.8 Å². The molecule has 1 aliphatic heterocycles. The number of alkyl halides is 3. The summed E-state index contributed by atoms with van der Waals surface area (Å²) < 4.78 is 39.4. The molecule has 1 fully saturated rings. The molecule has 0 aromatic rings. The lowest BCUT2D eigenvalue weighted by molar-refractivity contribution is -0.164. The van der Waals surface area contributed by atoms with Gasteiger partial charge in [0.15, 0.2) is 0 Å². The van der Waals surface area contributed by atoms with E-state index in [0.717, 1.165) is 0 Å². The molecule has 0 bridgehead atoms. The van der Waals surface area contributed by atoms with Crippen LogP contribution in [0.15, 0.2) is 0 Å². The van der Waals surface area contributed by atoms with Crippen molar-refractivity contribution in [1.82, 2.24) is 15.1 Å². The van der Waals surface area contributed by atoms with E-state index in [-0.39, 0.29) is 6.04 Å². The van der Waals surface area contributed by atoms with Gasteiger partial charge in [0.25, 0.3) is 0 Å². The van der Waals surface area contributed by atoms with Crippen LogP contribution in [0.5, 0.6) is 0 Å². The van der Waals surface area contributed by atoms with Crippen LogP contribution in [0, 0.1) is 5.92 Å². The third kappa shape index (κ3) is 5.84. The molecular formula is C15H28F3N3O2. The van der Waals surface area contributed by atoms with E-state index in [4.69, 9.17) is 0 Å². The first kappa shape index (κ1) is 20.0. The summed E-state index contributed by atoms with van der Waals surface area (Å²) in [5.41, 5.74) is 0. The zero-order chi connectivity index (χ0) is 17.8. The molecule has 0 aromatic heterocycles. The molecular weight excluding hydrogens is 311 g/mol. The van der Waals surface area contributed by atoms with Gasteiger partial charge in [-0.25, -0.2) is 4.79 Å². The Balaban J connectivity index is 2.67. The number of aliphatic hydroxyl groups excluding tert-OH is 1. The van der Waals surface area contributed by atoms with E-state index in [9.17, 15) is 23.1 Å². The van der Waals surface area contributed by atoms with Gasteiger partial charge < -0.3 is 15.3 Å². The first-order valence-corrected chi connectivity index (χ1v) is 8.10. The summed E-state index contributed by atoms with van der Waals surface area (Å²) in [5.74, 6) is -0.675. The third-order valence-electron chi connectivity index (χ3n) is 4.34. The first-order valence-electron chi connectivity index (χ1n) is 8.10. The van der Waals surface area contributed by atoms with Crippen molar-refractivity contribution in [1.29, 1.82) is 0 Å². The third-order valence-corrected chi connectivity index (χ3v) is 4.34. The SMILES string of the molecule is CC[C@H](C)[C@H](NC(=O)N1CCN(C[C@@H](C)O)C[C@@H]1C)C(F)(F)F. The molecule has 0 spiro atoms. The van der Waals surface area contributed by atoms with Crippen molar-refractivity contribution in [3.63, 3.8) is 0 Å². The molecule has 1 heterocycles. The van der Waals surface area contributed by atoms with E-state index in [1.807, 2.05) is 4.90 Å². The highest BCUT2D eigenvalue weighted by atomic mass is 19.4. The number of piperazine rings is 1. The van der Waals surface area contributed by atoms with Gasteiger partial charge in [0.1, 0.15) is 6.04 Å². The van der Waals surface area contributed by atoms with Crippen LogP contribution < -0.4 is 5.32 Å². The molecule has 0 saturated carbocycles. The zero-order valence-corrected chi connectivity index (χ0v) is 14.2. The van der Waals surface area contributed by atoms with Crippen molar-refractivity contribution in [2.45, 2.75) is 58.5 Å². The monoisotopic (exact) mass is 339 g/mol. The summed E-state index contributed by atoms with van der Waals surface area (Å²) >= 11 is 0. The van der Waals surface area contributed by atoms with Gasteiger partial charge in [-0.05, 0) is 19.8 Å².